The van der Waals surface area contributed by atoms with Gasteiger partial charge in [-0.25, -0.2) is 8.42 Å². The van der Waals surface area contributed by atoms with E-state index in [0.29, 0.717) is 12.2 Å². The summed E-state index contributed by atoms with van der Waals surface area (Å²) in [5.74, 6) is -0.378. The molecule has 21 heavy (non-hydrogen) atoms. The first-order valence-electron chi connectivity index (χ1n) is 6.38. The van der Waals surface area contributed by atoms with Gasteiger partial charge in [-0.2, -0.15) is 0 Å². The SMILES string of the molecule is C=CCNC(=O)CN(c1ccc(N(C)C)cc1)S(C)(=O)=O. The molecular weight excluding hydrogens is 290 g/mol. The normalized spacial score (nSPS) is 10.8. The molecule has 0 fully saturated rings. The summed E-state index contributed by atoms with van der Waals surface area (Å²) in [7, 11) is 0.252. The van der Waals surface area contributed by atoms with E-state index in [0.717, 1.165) is 16.2 Å². The van der Waals surface area contributed by atoms with Gasteiger partial charge in [-0.15, -0.1) is 6.58 Å². The van der Waals surface area contributed by atoms with Gasteiger partial charge in [0.2, 0.25) is 15.9 Å². The molecule has 0 saturated carbocycles. The Morgan fingerprint density at radius 2 is 1.76 bits per heavy atom. The van der Waals surface area contributed by atoms with E-state index in [1.807, 2.05) is 19.0 Å². The zero-order valence-corrected chi connectivity index (χ0v) is 13.4. The van der Waals surface area contributed by atoms with Crippen molar-refractivity contribution in [2.45, 2.75) is 0 Å². The summed E-state index contributed by atoms with van der Waals surface area (Å²) in [5.41, 5.74) is 1.40. The minimum Gasteiger partial charge on any atom is -0.378 e. The minimum absolute atomic E-state index is 0.256. The van der Waals surface area contributed by atoms with Crippen molar-refractivity contribution in [3.63, 3.8) is 0 Å². The summed E-state index contributed by atoms with van der Waals surface area (Å²) in [5, 5.41) is 2.56. The molecule has 1 amide bonds. The lowest BCUT2D eigenvalue weighted by Gasteiger charge is -2.22. The lowest BCUT2D eigenvalue weighted by atomic mass is 10.2. The maximum Gasteiger partial charge on any atom is 0.241 e. The number of nitrogens with one attached hydrogen (secondary N) is 1. The van der Waals surface area contributed by atoms with E-state index in [1.54, 1.807) is 24.3 Å². The van der Waals surface area contributed by atoms with E-state index >= 15 is 0 Å². The highest BCUT2D eigenvalue weighted by Crippen LogP contribution is 2.21. The van der Waals surface area contributed by atoms with Gasteiger partial charge in [-0.1, -0.05) is 6.08 Å². The lowest BCUT2D eigenvalue weighted by Crippen LogP contribution is -2.40. The summed E-state index contributed by atoms with van der Waals surface area (Å²) in [6, 6.07) is 6.96. The fourth-order valence-electron chi connectivity index (χ4n) is 1.69. The molecule has 0 aromatic heterocycles. The molecule has 0 unspecified atom stereocenters. The quantitative estimate of drug-likeness (QED) is 0.757. The van der Waals surface area contributed by atoms with Gasteiger partial charge in [0.05, 0.1) is 11.9 Å². The number of carbonyl (C=O) groups is 1. The third-order valence-corrected chi connectivity index (χ3v) is 3.93. The lowest BCUT2D eigenvalue weighted by molar-refractivity contribution is -0.119. The van der Waals surface area contributed by atoms with Crippen molar-refractivity contribution in [2.24, 2.45) is 0 Å². The molecule has 0 spiro atoms. The van der Waals surface area contributed by atoms with Crippen LogP contribution >= 0.6 is 0 Å². The molecule has 0 radical (unpaired) electrons. The average Bonchev–Trinajstić information content (AvgIpc) is 2.41. The standard InChI is InChI=1S/C14H21N3O3S/c1-5-10-15-14(18)11-17(21(4,19)20)13-8-6-12(7-9-13)16(2)3/h5-9H,1,10-11H2,2-4H3,(H,15,18). The Morgan fingerprint density at radius 1 is 1.24 bits per heavy atom. The first-order chi connectivity index (χ1) is 9.75. The molecule has 0 atom stereocenters. The smallest absolute Gasteiger partial charge is 0.241 e. The molecular formula is C14H21N3O3S. The van der Waals surface area contributed by atoms with Gasteiger partial charge in [0.15, 0.2) is 0 Å². The molecule has 0 aliphatic carbocycles. The number of benzene rings is 1. The molecule has 0 aliphatic heterocycles. The Labute approximate surface area is 126 Å². The largest absolute Gasteiger partial charge is 0.378 e. The molecule has 1 rings (SSSR count). The van der Waals surface area contributed by atoms with Crippen molar-refractivity contribution >= 4 is 27.3 Å². The Balaban J connectivity index is 2.98. The predicted octanol–water partition coefficient (Wildman–Crippen LogP) is 0.821. The average molecular weight is 311 g/mol. The third-order valence-electron chi connectivity index (χ3n) is 2.79. The van der Waals surface area contributed by atoms with Gasteiger partial charge in [-0.3, -0.25) is 9.10 Å². The third kappa shape index (κ3) is 5.11. The number of hydrogen-bond donors (Lipinski definition) is 1. The van der Waals surface area contributed by atoms with E-state index in [-0.39, 0.29) is 12.5 Å². The number of anilines is 2. The van der Waals surface area contributed by atoms with Crippen LogP contribution in [0.1, 0.15) is 0 Å². The van der Waals surface area contributed by atoms with Gasteiger partial charge in [-0.05, 0) is 24.3 Å². The van der Waals surface area contributed by atoms with Crippen molar-refractivity contribution in [2.75, 3.05) is 42.6 Å². The van der Waals surface area contributed by atoms with Crippen molar-refractivity contribution in [3.05, 3.63) is 36.9 Å². The van der Waals surface area contributed by atoms with Crippen LogP contribution in [-0.4, -0.2) is 47.8 Å². The van der Waals surface area contributed by atoms with Crippen molar-refractivity contribution in [1.82, 2.24) is 5.32 Å². The predicted molar refractivity (Wildman–Crippen MR) is 86.2 cm³/mol. The highest BCUT2D eigenvalue weighted by molar-refractivity contribution is 7.92. The Kier molecular flexibility index (Phi) is 5.78. The van der Waals surface area contributed by atoms with Crippen LogP contribution in [0.5, 0.6) is 0 Å². The molecule has 7 heteroatoms. The molecule has 0 aliphatic rings. The van der Waals surface area contributed by atoms with Crippen LogP contribution in [0.2, 0.25) is 0 Å². The fraction of sp³-hybridized carbons (Fsp3) is 0.357. The zero-order valence-electron chi connectivity index (χ0n) is 12.5. The summed E-state index contributed by atoms with van der Waals surface area (Å²) in [6.07, 6.45) is 2.61. The molecule has 1 aromatic carbocycles. The molecule has 6 nitrogen and oxygen atoms in total. The van der Waals surface area contributed by atoms with Crippen LogP contribution in [0.15, 0.2) is 36.9 Å². The van der Waals surface area contributed by atoms with Crippen LogP contribution in [0.3, 0.4) is 0 Å². The van der Waals surface area contributed by atoms with Gasteiger partial charge in [0.25, 0.3) is 0 Å². The molecule has 0 heterocycles. The van der Waals surface area contributed by atoms with Crippen molar-refractivity contribution < 1.29 is 13.2 Å². The highest BCUT2D eigenvalue weighted by Gasteiger charge is 2.20. The molecule has 0 saturated heterocycles. The second-order valence-electron chi connectivity index (χ2n) is 4.77. The van der Waals surface area contributed by atoms with Gasteiger partial charge in [0.1, 0.15) is 6.54 Å². The van der Waals surface area contributed by atoms with Gasteiger partial charge < -0.3 is 10.2 Å². The van der Waals surface area contributed by atoms with E-state index in [1.165, 1.54) is 6.08 Å². The Bertz CT molecular complexity index is 594. The van der Waals surface area contributed by atoms with E-state index < -0.39 is 10.0 Å². The topological polar surface area (TPSA) is 69.7 Å². The first kappa shape index (κ1) is 17.0. The van der Waals surface area contributed by atoms with Crippen LogP contribution in [-0.2, 0) is 14.8 Å². The van der Waals surface area contributed by atoms with E-state index in [4.69, 9.17) is 0 Å². The molecule has 0 bridgehead atoms. The number of carbonyl (C=O) groups excluding carboxylic acids is 1. The highest BCUT2D eigenvalue weighted by atomic mass is 32.2. The number of hydrogen-bond acceptors (Lipinski definition) is 4. The van der Waals surface area contributed by atoms with E-state index in [9.17, 15) is 13.2 Å². The number of amides is 1. The van der Waals surface area contributed by atoms with Gasteiger partial charge in [0, 0.05) is 26.3 Å². The Morgan fingerprint density at radius 3 is 2.19 bits per heavy atom. The number of nitrogens with zero attached hydrogens (tertiary/aromatic N) is 2. The van der Waals surface area contributed by atoms with Crippen LogP contribution in [0, 0.1) is 0 Å². The summed E-state index contributed by atoms with van der Waals surface area (Å²) >= 11 is 0. The zero-order chi connectivity index (χ0) is 16.0. The number of rotatable bonds is 7. The number of sulfonamides is 1. The van der Waals surface area contributed by atoms with E-state index in [2.05, 4.69) is 11.9 Å². The summed E-state index contributed by atoms with van der Waals surface area (Å²) < 4.78 is 24.8. The van der Waals surface area contributed by atoms with Crippen molar-refractivity contribution in [1.29, 1.82) is 0 Å². The monoisotopic (exact) mass is 311 g/mol. The minimum atomic E-state index is -3.54. The second kappa shape index (κ2) is 7.12. The molecule has 116 valence electrons. The van der Waals surface area contributed by atoms with Crippen molar-refractivity contribution in [3.8, 4) is 0 Å². The molecule has 1 aromatic rings. The summed E-state index contributed by atoms with van der Waals surface area (Å²) in [6.45, 7) is 3.54. The first-order valence-corrected chi connectivity index (χ1v) is 8.23. The second-order valence-corrected chi connectivity index (χ2v) is 6.68. The Hall–Kier alpha value is -2.02. The fourth-order valence-corrected chi connectivity index (χ4v) is 2.55. The van der Waals surface area contributed by atoms with Crippen LogP contribution in [0.4, 0.5) is 11.4 Å². The molecule has 1 N–H and O–H groups in total. The van der Waals surface area contributed by atoms with Crippen LogP contribution in [0.25, 0.3) is 0 Å². The van der Waals surface area contributed by atoms with Crippen LogP contribution < -0.4 is 14.5 Å². The maximum absolute atomic E-state index is 11.9. The maximum atomic E-state index is 11.9. The summed E-state index contributed by atoms with van der Waals surface area (Å²) in [4.78, 5) is 13.6. The van der Waals surface area contributed by atoms with Gasteiger partial charge >= 0.3 is 0 Å².